The van der Waals surface area contributed by atoms with Crippen LogP contribution in [0.4, 0.5) is 0 Å². The molecule has 0 spiro atoms. The van der Waals surface area contributed by atoms with Crippen molar-refractivity contribution in [2.24, 2.45) is 0 Å². The number of aliphatic hydroxyl groups excluding tert-OH is 1. The Morgan fingerprint density at radius 2 is 1.77 bits per heavy atom. The Labute approximate surface area is 184 Å². The lowest BCUT2D eigenvalue weighted by Gasteiger charge is -2.40. The summed E-state index contributed by atoms with van der Waals surface area (Å²) < 4.78 is 13.2. The summed E-state index contributed by atoms with van der Waals surface area (Å²) in [6, 6.07) is 18.3. The number of hydrogen-bond acceptors (Lipinski definition) is 5. The first-order chi connectivity index (χ1) is 14.6. The predicted octanol–water partition coefficient (Wildman–Crippen LogP) is 4.51. The number of halogens is 1. The van der Waals surface area contributed by atoms with Crippen LogP contribution in [0.5, 0.6) is 11.5 Å². The Bertz CT molecular complexity index is 1030. The van der Waals surface area contributed by atoms with Crippen LogP contribution in [0, 0.1) is 0 Å². The van der Waals surface area contributed by atoms with Gasteiger partial charge in [-0.15, -0.1) is 0 Å². The molecule has 156 valence electrons. The molecule has 1 aliphatic heterocycles. The van der Waals surface area contributed by atoms with Gasteiger partial charge in [0.2, 0.25) is 0 Å². The Balaban J connectivity index is 0.00000106. The Morgan fingerprint density at radius 3 is 2.43 bits per heavy atom. The lowest BCUT2D eigenvalue weighted by Crippen LogP contribution is -2.48. The fraction of sp³-hybridized carbons (Fsp3) is 0.292. The normalized spacial score (nSPS) is 26.1. The summed E-state index contributed by atoms with van der Waals surface area (Å²) >= 11 is 3.52. The second-order valence-electron chi connectivity index (χ2n) is 7.42. The van der Waals surface area contributed by atoms with E-state index in [4.69, 9.17) is 14.6 Å². The molecule has 3 atom stereocenters. The van der Waals surface area contributed by atoms with Crippen molar-refractivity contribution in [3.8, 4) is 11.5 Å². The van der Waals surface area contributed by atoms with Crippen LogP contribution in [0.2, 0.25) is 0 Å². The highest BCUT2D eigenvalue weighted by Crippen LogP contribution is 2.67. The molecule has 1 aliphatic carbocycles. The molecule has 5 nitrogen and oxygen atoms in total. The van der Waals surface area contributed by atoms with Crippen LogP contribution >= 0.6 is 15.9 Å². The standard InChI is InChI=1S/C23H20BrNO3.CH4O/c1-27-19-13-25-14-20-21(19)22(26)12-11-18(15-5-3-2-4-6-15)23(22,28-20)16-7-9-17(24)10-8-16;1-2/h2-10,13-14,18,26H,11-12H2,1H3;2H,1H3. The van der Waals surface area contributed by atoms with Crippen molar-refractivity contribution in [3.63, 3.8) is 0 Å². The Kier molecular flexibility index (Phi) is 5.57. The van der Waals surface area contributed by atoms with Crippen LogP contribution in [0.25, 0.3) is 0 Å². The molecule has 0 bridgehead atoms. The number of pyridine rings is 1. The molecule has 2 aromatic carbocycles. The molecule has 1 saturated carbocycles. The summed E-state index contributed by atoms with van der Waals surface area (Å²) in [6.07, 6.45) is 4.71. The van der Waals surface area contributed by atoms with E-state index in [1.165, 1.54) is 0 Å². The van der Waals surface area contributed by atoms with Crippen LogP contribution in [-0.4, -0.2) is 29.4 Å². The number of rotatable bonds is 3. The smallest absolute Gasteiger partial charge is 0.174 e. The highest BCUT2D eigenvalue weighted by atomic mass is 79.9. The third-order valence-electron chi connectivity index (χ3n) is 6.16. The number of nitrogens with zero attached hydrogens (tertiary/aromatic N) is 1. The van der Waals surface area contributed by atoms with Crippen LogP contribution in [0.1, 0.15) is 35.4 Å². The first-order valence-electron chi connectivity index (χ1n) is 9.80. The molecule has 5 rings (SSSR count). The van der Waals surface area contributed by atoms with Crippen molar-refractivity contribution < 1.29 is 19.7 Å². The molecule has 0 amide bonds. The Morgan fingerprint density at radius 1 is 1.07 bits per heavy atom. The van der Waals surface area contributed by atoms with Crippen molar-refractivity contribution in [1.29, 1.82) is 0 Å². The zero-order valence-corrected chi connectivity index (χ0v) is 18.5. The summed E-state index contributed by atoms with van der Waals surface area (Å²) in [6.45, 7) is 0. The summed E-state index contributed by atoms with van der Waals surface area (Å²) in [5.41, 5.74) is 0.661. The molecule has 3 unspecified atom stereocenters. The second kappa shape index (κ2) is 8.02. The molecule has 30 heavy (non-hydrogen) atoms. The van der Waals surface area contributed by atoms with Gasteiger partial charge in [0.1, 0.15) is 17.1 Å². The second-order valence-corrected chi connectivity index (χ2v) is 8.34. The molecule has 3 aromatic rings. The van der Waals surface area contributed by atoms with E-state index in [1.54, 1.807) is 19.5 Å². The number of methoxy groups -OCH3 is 1. The zero-order chi connectivity index (χ0) is 21.4. The van der Waals surface area contributed by atoms with Gasteiger partial charge in [-0.1, -0.05) is 58.4 Å². The van der Waals surface area contributed by atoms with Crippen molar-refractivity contribution in [2.45, 2.75) is 30.0 Å². The lowest BCUT2D eigenvalue weighted by atomic mass is 9.72. The van der Waals surface area contributed by atoms with E-state index in [0.29, 0.717) is 23.5 Å². The number of aromatic nitrogens is 1. The summed E-state index contributed by atoms with van der Waals surface area (Å²) in [5.74, 6) is 1.15. The van der Waals surface area contributed by atoms with Gasteiger partial charge in [0.05, 0.1) is 25.1 Å². The maximum Gasteiger partial charge on any atom is 0.174 e. The zero-order valence-electron chi connectivity index (χ0n) is 16.9. The molecule has 2 aliphatic rings. The molecule has 0 radical (unpaired) electrons. The monoisotopic (exact) mass is 469 g/mol. The van der Waals surface area contributed by atoms with E-state index in [9.17, 15) is 5.11 Å². The van der Waals surface area contributed by atoms with Gasteiger partial charge in [-0.25, -0.2) is 0 Å². The molecule has 1 fully saturated rings. The first kappa shape index (κ1) is 20.8. The van der Waals surface area contributed by atoms with Crippen LogP contribution in [-0.2, 0) is 11.2 Å². The van der Waals surface area contributed by atoms with Crippen LogP contribution in [0.3, 0.4) is 0 Å². The van der Waals surface area contributed by atoms with Gasteiger partial charge in [-0.05, 0) is 36.1 Å². The maximum atomic E-state index is 12.2. The topological polar surface area (TPSA) is 71.8 Å². The van der Waals surface area contributed by atoms with E-state index in [-0.39, 0.29) is 5.92 Å². The molecule has 6 heteroatoms. The fourth-order valence-corrected chi connectivity index (χ4v) is 5.28. The summed E-state index contributed by atoms with van der Waals surface area (Å²) in [5, 5.41) is 19.2. The third-order valence-corrected chi connectivity index (χ3v) is 6.68. The molecule has 2 N–H and O–H groups in total. The minimum absolute atomic E-state index is 0.00279. The SMILES string of the molecule is CO.COc1cncc2c1C1(O)CCC(c3ccccc3)C1(c1ccc(Br)cc1)O2. The van der Waals surface area contributed by atoms with Crippen molar-refractivity contribution >= 4 is 15.9 Å². The van der Waals surface area contributed by atoms with Crippen molar-refractivity contribution in [1.82, 2.24) is 4.98 Å². The molecule has 2 heterocycles. The summed E-state index contributed by atoms with van der Waals surface area (Å²) in [4.78, 5) is 4.25. The average molecular weight is 470 g/mol. The summed E-state index contributed by atoms with van der Waals surface area (Å²) in [7, 11) is 2.60. The van der Waals surface area contributed by atoms with Crippen molar-refractivity contribution in [3.05, 3.63) is 88.2 Å². The molecular formula is C24H24BrNO4. The molecular weight excluding hydrogens is 446 g/mol. The number of aliphatic hydroxyl groups is 2. The number of benzene rings is 2. The quantitative estimate of drug-likeness (QED) is 0.590. The van der Waals surface area contributed by atoms with Gasteiger partial charge < -0.3 is 19.7 Å². The van der Waals surface area contributed by atoms with E-state index in [0.717, 1.165) is 29.1 Å². The van der Waals surface area contributed by atoms with E-state index >= 15 is 0 Å². The van der Waals surface area contributed by atoms with Gasteiger partial charge in [0, 0.05) is 17.5 Å². The van der Waals surface area contributed by atoms with Gasteiger partial charge in [-0.2, -0.15) is 0 Å². The molecule has 0 saturated heterocycles. The van der Waals surface area contributed by atoms with E-state index in [1.807, 2.05) is 42.5 Å². The molecule has 1 aromatic heterocycles. The van der Waals surface area contributed by atoms with E-state index in [2.05, 4.69) is 33.0 Å². The lowest BCUT2D eigenvalue weighted by molar-refractivity contribution is -0.106. The fourth-order valence-electron chi connectivity index (χ4n) is 5.02. The van der Waals surface area contributed by atoms with Crippen LogP contribution in [0.15, 0.2) is 71.5 Å². The number of hydrogen-bond donors (Lipinski definition) is 2. The van der Waals surface area contributed by atoms with Crippen LogP contribution < -0.4 is 9.47 Å². The first-order valence-corrected chi connectivity index (χ1v) is 10.6. The maximum absolute atomic E-state index is 12.2. The van der Waals surface area contributed by atoms with Gasteiger partial charge in [0.25, 0.3) is 0 Å². The van der Waals surface area contributed by atoms with Crippen molar-refractivity contribution in [2.75, 3.05) is 14.2 Å². The van der Waals surface area contributed by atoms with Gasteiger partial charge in [0.15, 0.2) is 5.60 Å². The van der Waals surface area contributed by atoms with Gasteiger partial charge >= 0.3 is 0 Å². The third kappa shape index (κ3) is 2.86. The highest BCUT2D eigenvalue weighted by Gasteiger charge is 2.69. The minimum Gasteiger partial charge on any atom is -0.495 e. The predicted molar refractivity (Wildman–Crippen MR) is 118 cm³/mol. The van der Waals surface area contributed by atoms with Gasteiger partial charge in [-0.3, -0.25) is 4.98 Å². The largest absolute Gasteiger partial charge is 0.495 e. The minimum atomic E-state index is -1.20. The number of fused-ring (bicyclic) bond motifs is 3. The van der Waals surface area contributed by atoms with E-state index < -0.39 is 11.2 Å². The highest BCUT2D eigenvalue weighted by molar-refractivity contribution is 9.10. The average Bonchev–Trinajstić information content (AvgIpc) is 3.23. The number of ether oxygens (including phenoxy) is 2. The Hall–Kier alpha value is -2.41.